The summed E-state index contributed by atoms with van der Waals surface area (Å²) in [5.74, 6) is 0.380. The molecule has 0 bridgehead atoms. The minimum absolute atomic E-state index is 0.377. The number of hydrogen-bond donors (Lipinski definition) is 2. The van der Waals surface area contributed by atoms with Crippen molar-refractivity contribution in [1.82, 2.24) is 10.2 Å². The Morgan fingerprint density at radius 3 is 2.89 bits per heavy atom. The summed E-state index contributed by atoms with van der Waals surface area (Å²) in [5.41, 5.74) is 0.946. The van der Waals surface area contributed by atoms with E-state index in [4.69, 9.17) is 4.74 Å². The third kappa shape index (κ3) is 3.23. The van der Waals surface area contributed by atoms with Gasteiger partial charge in [0.2, 0.25) is 10.0 Å². The van der Waals surface area contributed by atoms with Crippen LogP contribution in [-0.4, -0.2) is 37.1 Å². The van der Waals surface area contributed by atoms with Crippen LogP contribution in [0.5, 0.6) is 0 Å². The number of aromatic amines is 1. The van der Waals surface area contributed by atoms with E-state index in [1.54, 1.807) is 6.07 Å². The van der Waals surface area contributed by atoms with Gasteiger partial charge in [0.05, 0.1) is 5.25 Å². The second-order valence-electron chi connectivity index (χ2n) is 4.49. The van der Waals surface area contributed by atoms with E-state index in [0.717, 1.165) is 18.5 Å². The predicted octanol–water partition coefficient (Wildman–Crippen LogP) is 1.28. The summed E-state index contributed by atoms with van der Waals surface area (Å²) >= 11 is 0. The first kappa shape index (κ1) is 13.4. The normalized spacial score (nSPS) is 17.8. The summed E-state index contributed by atoms with van der Waals surface area (Å²) in [5, 5.41) is 6.42. The Bertz CT molecular complexity index is 477. The maximum Gasteiger partial charge on any atom is 0.236 e. The van der Waals surface area contributed by atoms with Crippen LogP contribution in [0, 0.1) is 0 Å². The number of aryl methyl sites for hydroxylation is 1. The van der Waals surface area contributed by atoms with Crippen LogP contribution in [0.4, 0.5) is 5.82 Å². The monoisotopic (exact) mass is 273 g/mol. The Morgan fingerprint density at radius 1 is 1.50 bits per heavy atom. The highest BCUT2D eigenvalue weighted by Gasteiger charge is 2.28. The largest absolute Gasteiger partial charge is 0.381 e. The SMILES string of the molecule is CCCc1cc(NS(=O)(=O)C2CCOCC2)n[nH]1. The number of H-pyrrole nitrogens is 1. The highest BCUT2D eigenvalue weighted by atomic mass is 32.2. The Balaban J connectivity index is 2.01. The first-order chi connectivity index (χ1) is 8.62. The molecule has 0 amide bonds. The van der Waals surface area contributed by atoms with E-state index < -0.39 is 10.0 Å². The third-order valence-corrected chi connectivity index (χ3v) is 4.85. The molecule has 1 aromatic rings. The van der Waals surface area contributed by atoms with E-state index >= 15 is 0 Å². The Kier molecular flexibility index (Phi) is 4.23. The number of hydrogen-bond acceptors (Lipinski definition) is 4. The van der Waals surface area contributed by atoms with Crippen LogP contribution in [0.3, 0.4) is 0 Å². The Hall–Kier alpha value is -1.08. The molecule has 0 aliphatic carbocycles. The van der Waals surface area contributed by atoms with Crippen molar-refractivity contribution in [1.29, 1.82) is 0 Å². The van der Waals surface area contributed by atoms with Gasteiger partial charge >= 0.3 is 0 Å². The zero-order valence-electron chi connectivity index (χ0n) is 10.5. The van der Waals surface area contributed by atoms with Crippen LogP contribution in [0.2, 0.25) is 0 Å². The predicted molar refractivity (Wildman–Crippen MR) is 69.0 cm³/mol. The maximum atomic E-state index is 12.1. The van der Waals surface area contributed by atoms with Crippen molar-refractivity contribution in [3.05, 3.63) is 11.8 Å². The highest BCUT2D eigenvalue weighted by Crippen LogP contribution is 2.18. The third-order valence-electron chi connectivity index (χ3n) is 3.00. The number of anilines is 1. The highest BCUT2D eigenvalue weighted by molar-refractivity contribution is 7.93. The standard InChI is InChI=1S/C11H19N3O3S/c1-2-3-9-8-11(13-12-9)14-18(15,16)10-4-6-17-7-5-10/h8,10H,2-7H2,1H3,(H2,12,13,14). The van der Waals surface area contributed by atoms with Gasteiger partial charge in [-0.05, 0) is 19.3 Å². The van der Waals surface area contributed by atoms with Crippen molar-refractivity contribution in [2.24, 2.45) is 0 Å². The van der Waals surface area contributed by atoms with E-state index in [-0.39, 0.29) is 5.25 Å². The second-order valence-corrected chi connectivity index (χ2v) is 6.45. The summed E-state index contributed by atoms with van der Waals surface area (Å²) in [6.07, 6.45) is 2.95. The molecule has 0 aromatic carbocycles. The van der Waals surface area contributed by atoms with Gasteiger partial charge in [-0.3, -0.25) is 9.82 Å². The van der Waals surface area contributed by atoms with Crippen LogP contribution in [0.1, 0.15) is 31.9 Å². The van der Waals surface area contributed by atoms with Crippen molar-refractivity contribution in [2.75, 3.05) is 17.9 Å². The summed E-state index contributed by atoms with van der Waals surface area (Å²) in [6, 6.07) is 1.75. The molecule has 0 radical (unpaired) electrons. The van der Waals surface area contributed by atoms with E-state index in [2.05, 4.69) is 21.8 Å². The summed E-state index contributed by atoms with van der Waals surface area (Å²) in [4.78, 5) is 0. The zero-order valence-corrected chi connectivity index (χ0v) is 11.3. The molecular weight excluding hydrogens is 254 g/mol. The molecular formula is C11H19N3O3S. The molecule has 6 nitrogen and oxygen atoms in total. The molecule has 2 N–H and O–H groups in total. The van der Waals surface area contributed by atoms with Crippen LogP contribution < -0.4 is 4.72 Å². The Labute approximate surface area is 107 Å². The van der Waals surface area contributed by atoms with Gasteiger partial charge in [0.1, 0.15) is 0 Å². The fourth-order valence-corrected chi connectivity index (χ4v) is 3.40. The molecule has 1 aromatic heterocycles. The number of nitrogens with one attached hydrogen (secondary N) is 2. The van der Waals surface area contributed by atoms with E-state index in [1.807, 2.05) is 0 Å². The van der Waals surface area contributed by atoms with Crippen LogP contribution in [-0.2, 0) is 21.2 Å². The molecule has 0 saturated carbocycles. The van der Waals surface area contributed by atoms with E-state index in [1.165, 1.54) is 0 Å². The van der Waals surface area contributed by atoms with E-state index in [0.29, 0.717) is 31.9 Å². The number of rotatable bonds is 5. The average Bonchev–Trinajstić information content (AvgIpc) is 2.77. The van der Waals surface area contributed by atoms with Gasteiger partial charge in [-0.1, -0.05) is 13.3 Å². The quantitative estimate of drug-likeness (QED) is 0.846. The lowest BCUT2D eigenvalue weighted by atomic mass is 10.2. The smallest absolute Gasteiger partial charge is 0.236 e. The molecule has 1 aliphatic heterocycles. The first-order valence-electron chi connectivity index (χ1n) is 6.25. The minimum Gasteiger partial charge on any atom is -0.381 e. The number of sulfonamides is 1. The van der Waals surface area contributed by atoms with Gasteiger partial charge in [0, 0.05) is 25.0 Å². The van der Waals surface area contributed by atoms with Crippen molar-refractivity contribution in [3.8, 4) is 0 Å². The van der Waals surface area contributed by atoms with Crippen LogP contribution >= 0.6 is 0 Å². The molecule has 2 heterocycles. The summed E-state index contributed by atoms with van der Waals surface area (Å²) in [7, 11) is -3.35. The molecule has 102 valence electrons. The molecule has 1 saturated heterocycles. The molecule has 18 heavy (non-hydrogen) atoms. The molecule has 2 rings (SSSR count). The number of ether oxygens (including phenoxy) is 1. The fraction of sp³-hybridized carbons (Fsp3) is 0.727. The van der Waals surface area contributed by atoms with Crippen molar-refractivity contribution in [3.63, 3.8) is 0 Å². The second kappa shape index (κ2) is 5.71. The average molecular weight is 273 g/mol. The molecule has 1 fully saturated rings. The van der Waals surface area contributed by atoms with Gasteiger partial charge in [0.15, 0.2) is 5.82 Å². The van der Waals surface area contributed by atoms with Crippen molar-refractivity contribution in [2.45, 2.75) is 37.9 Å². The van der Waals surface area contributed by atoms with E-state index in [9.17, 15) is 8.42 Å². The van der Waals surface area contributed by atoms with Gasteiger partial charge < -0.3 is 4.74 Å². The minimum atomic E-state index is -3.35. The number of aromatic nitrogens is 2. The lowest BCUT2D eigenvalue weighted by Crippen LogP contribution is -2.33. The zero-order chi connectivity index (χ0) is 13.0. The van der Waals surface area contributed by atoms with Gasteiger partial charge in [-0.2, -0.15) is 5.10 Å². The molecule has 0 atom stereocenters. The first-order valence-corrected chi connectivity index (χ1v) is 7.80. The number of nitrogens with zero attached hydrogens (tertiary/aromatic N) is 1. The molecule has 1 aliphatic rings. The Morgan fingerprint density at radius 2 is 2.22 bits per heavy atom. The van der Waals surface area contributed by atoms with Gasteiger partial charge in [-0.25, -0.2) is 8.42 Å². The fourth-order valence-electron chi connectivity index (χ4n) is 2.03. The molecule has 0 spiro atoms. The van der Waals surface area contributed by atoms with Crippen molar-refractivity contribution < 1.29 is 13.2 Å². The molecule has 7 heteroatoms. The summed E-state index contributed by atoms with van der Waals surface area (Å²) < 4.78 is 31.9. The summed E-state index contributed by atoms with van der Waals surface area (Å²) in [6.45, 7) is 3.08. The van der Waals surface area contributed by atoms with Gasteiger partial charge in [-0.15, -0.1) is 0 Å². The van der Waals surface area contributed by atoms with Gasteiger partial charge in [0.25, 0.3) is 0 Å². The lowest BCUT2D eigenvalue weighted by Gasteiger charge is -2.21. The maximum absolute atomic E-state index is 12.1. The lowest BCUT2D eigenvalue weighted by molar-refractivity contribution is 0.0984. The van der Waals surface area contributed by atoms with Crippen molar-refractivity contribution >= 4 is 15.8 Å². The molecule has 0 unspecified atom stereocenters. The topological polar surface area (TPSA) is 84.1 Å². The van der Waals surface area contributed by atoms with Crippen LogP contribution in [0.15, 0.2) is 6.07 Å². The van der Waals surface area contributed by atoms with Crippen LogP contribution in [0.25, 0.3) is 0 Å².